The molecule has 0 saturated carbocycles. The number of hydrogen-bond donors (Lipinski definition) is 1. The van der Waals surface area contributed by atoms with Gasteiger partial charge in [0.1, 0.15) is 0 Å². The molecule has 1 heterocycles. The molecular weight excluding hydrogens is 223 g/mol. The minimum absolute atomic E-state index is 0.115. The number of H-pyrrole nitrogens is 1. The third-order valence-corrected chi connectivity index (χ3v) is 2.72. The Morgan fingerprint density at radius 1 is 1.41 bits per heavy atom. The van der Waals surface area contributed by atoms with Crippen molar-refractivity contribution in [3.8, 4) is 17.0 Å². The topological polar surface area (TPSA) is 47.0 Å². The summed E-state index contributed by atoms with van der Waals surface area (Å²) in [4.78, 5) is 11.6. The molecule has 1 aromatic carbocycles. The van der Waals surface area contributed by atoms with Gasteiger partial charge in [0.05, 0.1) is 12.8 Å². The number of hydrogen-bond acceptors (Lipinski definition) is 2. The molecule has 2 rings (SSSR count). The van der Waals surface area contributed by atoms with Gasteiger partial charge in [0.25, 0.3) is 5.56 Å². The van der Waals surface area contributed by atoms with Gasteiger partial charge in [0, 0.05) is 18.2 Å². The van der Waals surface area contributed by atoms with Gasteiger partial charge in [-0.2, -0.15) is 0 Å². The van der Waals surface area contributed by atoms with E-state index in [-0.39, 0.29) is 11.3 Å². The third kappa shape index (κ3) is 1.84. The first-order chi connectivity index (χ1) is 8.04. The monoisotopic (exact) mass is 236 g/mol. The predicted molar refractivity (Wildman–Crippen MR) is 62.7 cm³/mol. The number of halogens is 1. The molecule has 2 aromatic rings. The number of aromatic amines is 1. The fourth-order valence-corrected chi connectivity index (χ4v) is 1.76. The highest BCUT2D eigenvalue weighted by atomic mass is 19.1. The summed E-state index contributed by atoms with van der Waals surface area (Å²) in [6.07, 6.45) is 0. The minimum Gasteiger partial charge on any atom is -0.494 e. The van der Waals surface area contributed by atoms with Crippen LogP contribution in [0.3, 0.4) is 0 Å². The molecule has 5 heteroatoms. The first kappa shape index (κ1) is 11.4. The Hall–Kier alpha value is -2.04. The van der Waals surface area contributed by atoms with E-state index >= 15 is 0 Å². The fraction of sp³-hybridized carbons (Fsp3) is 0.250. The number of ether oxygens (including phenoxy) is 1. The van der Waals surface area contributed by atoms with Crippen molar-refractivity contribution in [2.24, 2.45) is 7.05 Å². The lowest BCUT2D eigenvalue weighted by atomic mass is 10.1. The highest BCUT2D eigenvalue weighted by Gasteiger charge is 2.12. The Balaban J connectivity index is 2.57. The maximum absolute atomic E-state index is 13.6. The Kier molecular flexibility index (Phi) is 2.75. The minimum atomic E-state index is -0.450. The summed E-state index contributed by atoms with van der Waals surface area (Å²) in [5, 5.41) is 2.89. The van der Waals surface area contributed by atoms with Gasteiger partial charge in [-0.3, -0.25) is 14.6 Å². The molecule has 0 unspecified atom stereocenters. The van der Waals surface area contributed by atoms with Gasteiger partial charge in [0.2, 0.25) is 0 Å². The number of nitrogens with one attached hydrogen (secondary N) is 1. The van der Waals surface area contributed by atoms with Gasteiger partial charge in [-0.25, -0.2) is 4.39 Å². The molecule has 17 heavy (non-hydrogen) atoms. The van der Waals surface area contributed by atoms with Crippen LogP contribution in [0.1, 0.15) is 5.56 Å². The standard InChI is InChI=1S/C12H13FN2O2/c1-7-11(14-15(2)12(7)16)8-4-5-10(17-3)9(13)6-8/h4-6,14H,1-3H3. The van der Waals surface area contributed by atoms with Crippen molar-refractivity contribution >= 4 is 0 Å². The Morgan fingerprint density at radius 2 is 2.12 bits per heavy atom. The van der Waals surface area contributed by atoms with E-state index in [1.807, 2.05) is 0 Å². The van der Waals surface area contributed by atoms with E-state index in [1.54, 1.807) is 20.0 Å². The van der Waals surface area contributed by atoms with E-state index < -0.39 is 5.82 Å². The maximum Gasteiger partial charge on any atom is 0.269 e. The van der Waals surface area contributed by atoms with Crippen molar-refractivity contribution in [1.82, 2.24) is 9.78 Å². The van der Waals surface area contributed by atoms with Crippen molar-refractivity contribution in [3.05, 3.63) is 39.9 Å². The molecule has 1 N–H and O–H groups in total. The van der Waals surface area contributed by atoms with Crippen LogP contribution in [0.15, 0.2) is 23.0 Å². The molecule has 0 bridgehead atoms. The lowest BCUT2D eigenvalue weighted by Crippen LogP contribution is -2.12. The van der Waals surface area contributed by atoms with Crippen LogP contribution < -0.4 is 10.3 Å². The Labute approximate surface area is 97.6 Å². The van der Waals surface area contributed by atoms with Gasteiger partial charge in [-0.15, -0.1) is 0 Å². The predicted octanol–water partition coefficient (Wildman–Crippen LogP) is 1.84. The summed E-state index contributed by atoms with van der Waals surface area (Å²) in [6, 6.07) is 4.59. The first-order valence-corrected chi connectivity index (χ1v) is 5.14. The molecule has 4 nitrogen and oxygen atoms in total. The molecule has 0 saturated heterocycles. The largest absolute Gasteiger partial charge is 0.494 e. The van der Waals surface area contributed by atoms with E-state index in [0.717, 1.165) is 0 Å². The summed E-state index contributed by atoms with van der Waals surface area (Å²) >= 11 is 0. The van der Waals surface area contributed by atoms with E-state index in [4.69, 9.17) is 4.74 Å². The quantitative estimate of drug-likeness (QED) is 0.864. The molecule has 0 atom stereocenters. The summed E-state index contributed by atoms with van der Waals surface area (Å²) in [5.41, 5.74) is 1.70. The average Bonchev–Trinajstić information content (AvgIpc) is 2.57. The fourth-order valence-electron chi connectivity index (χ4n) is 1.76. The lowest BCUT2D eigenvalue weighted by molar-refractivity contribution is 0.386. The van der Waals surface area contributed by atoms with Crippen molar-refractivity contribution in [2.75, 3.05) is 7.11 Å². The first-order valence-electron chi connectivity index (χ1n) is 5.14. The smallest absolute Gasteiger partial charge is 0.269 e. The molecule has 90 valence electrons. The van der Waals surface area contributed by atoms with E-state index in [2.05, 4.69) is 5.10 Å². The normalized spacial score (nSPS) is 10.6. The highest BCUT2D eigenvalue weighted by Crippen LogP contribution is 2.25. The number of aromatic nitrogens is 2. The van der Waals surface area contributed by atoms with Crippen LogP contribution in [0.2, 0.25) is 0 Å². The zero-order valence-electron chi connectivity index (χ0n) is 9.87. The van der Waals surface area contributed by atoms with Crippen LogP contribution in [0.4, 0.5) is 4.39 Å². The van der Waals surface area contributed by atoms with Gasteiger partial charge >= 0.3 is 0 Å². The number of rotatable bonds is 2. The van der Waals surface area contributed by atoms with E-state index in [1.165, 1.54) is 23.9 Å². The Morgan fingerprint density at radius 3 is 2.59 bits per heavy atom. The summed E-state index contributed by atoms with van der Waals surface area (Å²) < 4.78 is 19.8. The molecule has 0 aliphatic heterocycles. The zero-order chi connectivity index (χ0) is 12.6. The van der Waals surface area contributed by atoms with Crippen molar-refractivity contribution in [1.29, 1.82) is 0 Å². The van der Waals surface area contributed by atoms with Crippen LogP contribution in [0.25, 0.3) is 11.3 Å². The highest BCUT2D eigenvalue weighted by molar-refractivity contribution is 5.63. The lowest BCUT2D eigenvalue weighted by Gasteiger charge is -2.04. The van der Waals surface area contributed by atoms with Crippen molar-refractivity contribution in [3.63, 3.8) is 0 Å². The molecule has 0 aliphatic carbocycles. The average molecular weight is 236 g/mol. The van der Waals surface area contributed by atoms with E-state index in [0.29, 0.717) is 16.8 Å². The summed E-state index contributed by atoms with van der Waals surface area (Å²) in [7, 11) is 3.03. The second kappa shape index (κ2) is 4.08. The van der Waals surface area contributed by atoms with Crippen LogP contribution in [0, 0.1) is 12.7 Å². The Bertz CT molecular complexity index is 613. The van der Waals surface area contributed by atoms with E-state index in [9.17, 15) is 9.18 Å². The number of nitrogens with zero attached hydrogens (tertiary/aromatic N) is 1. The van der Waals surface area contributed by atoms with Crippen LogP contribution in [0.5, 0.6) is 5.75 Å². The molecular formula is C12H13FN2O2. The van der Waals surface area contributed by atoms with Gasteiger partial charge in [0.15, 0.2) is 11.6 Å². The van der Waals surface area contributed by atoms with Crippen LogP contribution in [-0.4, -0.2) is 16.9 Å². The van der Waals surface area contributed by atoms with Gasteiger partial charge < -0.3 is 4.74 Å². The molecule has 0 spiro atoms. The van der Waals surface area contributed by atoms with Crippen LogP contribution in [-0.2, 0) is 7.05 Å². The van der Waals surface area contributed by atoms with Crippen LogP contribution >= 0.6 is 0 Å². The number of benzene rings is 1. The summed E-state index contributed by atoms with van der Waals surface area (Å²) in [6.45, 7) is 1.70. The maximum atomic E-state index is 13.6. The second-order valence-corrected chi connectivity index (χ2v) is 3.83. The van der Waals surface area contributed by atoms with Gasteiger partial charge in [-0.1, -0.05) is 0 Å². The number of aryl methyl sites for hydroxylation is 1. The third-order valence-electron chi connectivity index (χ3n) is 2.72. The number of methoxy groups -OCH3 is 1. The molecule has 1 aromatic heterocycles. The molecule has 0 amide bonds. The second-order valence-electron chi connectivity index (χ2n) is 3.83. The molecule has 0 aliphatic rings. The van der Waals surface area contributed by atoms with Crippen molar-refractivity contribution in [2.45, 2.75) is 6.92 Å². The zero-order valence-corrected chi connectivity index (χ0v) is 9.87. The molecule has 0 radical (unpaired) electrons. The molecule has 0 fully saturated rings. The van der Waals surface area contributed by atoms with Crippen molar-refractivity contribution < 1.29 is 9.13 Å². The SMILES string of the molecule is COc1ccc(-c2[nH]n(C)c(=O)c2C)cc1F. The summed E-state index contributed by atoms with van der Waals surface area (Å²) in [5.74, 6) is -0.265. The van der Waals surface area contributed by atoms with Gasteiger partial charge in [-0.05, 0) is 25.1 Å².